The number of cyclic esters (lactones) is 1. The van der Waals surface area contributed by atoms with Crippen LogP contribution in [-0.4, -0.2) is 28.6 Å². The van der Waals surface area contributed by atoms with Crippen LogP contribution >= 0.6 is 11.3 Å². The van der Waals surface area contributed by atoms with Crippen LogP contribution in [0.25, 0.3) is 0 Å². The van der Waals surface area contributed by atoms with Crippen LogP contribution < -0.4 is 0 Å². The molecular weight excluding hydrogens is 212 g/mol. The van der Waals surface area contributed by atoms with Gasteiger partial charge < -0.3 is 9.64 Å². The summed E-state index contributed by atoms with van der Waals surface area (Å²) in [4.78, 5) is 17.6. The lowest BCUT2D eigenvalue weighted by molar-refractivity contribution is 0.130. The Bertz CT molecular complexity index is 377. The zero-order valence-electron chi connectivity index (χ0n) is 9.06. The minimum atomic E-state index is -0.233. The highest BCUT2D eigenvalue weighted by Crippen LogP contribution is 2.33. The molecule has 0 aromatic carbocycles. The smallest absolute Gasteiger partial charge is 0.410 e. The van der Waals surface area contributed by atoms with E-state index in [0.29, 0.717) is 6.54 Å². The molecular formula is C10H14N2O2S. The zero-order chi connectivity index (χ0) is 11.0. The van der Waals surface area contributed by atoms with Crippen LogP contribution in [0.1, 0.15) is 30.7 Å². The van der Waals surface area contributed by atoms with Gasteiger partial charge in [0.15, 0.2) is 6.10 Å². The van der Waals surface area contributed by atoms with Crippen LogP contribution in [0.3, 0.4) is 0 Å². The molecule has 1 aromatic rings. The van der Waals surface area contributed by atoms with Gasteiger partial charge in [-0.3, -0.25) is 0 Å². The number of likely N-dealkylation sites (N-methyl/N-ethyl adjacent to an activating group) is 1. The van der Waals surface area contributed by atoms with E-state index in [1.807, 2.05) is 26.2 Å². The number of carbonyl (C=O) groups is 1. The second kappa shape index (κ2) is 3.81. The predicted octanol–water partition coefficient (Wildman–Crippen LogP) is 2.35. The summed E-state index contributed by atoms with van der Waals surface area (Å²) in [7, 11) is 0. The van der Waals surface area contributed by atoms with E-state index in [-0.39, 0.29) is 18.2 Å². The van der Waals surface area contributed by atoms with Gasteiger partial charge in [-0.25, -0.2) is 9.78 Å². The van der Waals surface area contributed by atoms with Gasteiger partial charge in [-0.1, -0.05) is 0 Å². The summed E-state index contributed by atoms with van der Waals surface area (Å²) < 4.78 is 5.31. The summed E-state index contributed by atoms with van der Waals surface area (Å²) in [5.74, 6) is 0. The molecule has 1 aliphatic heterocycles. The Morgan fingerprint density at radius 2 is 2.40 bits per heavy atom. The number of aromatic nitrogens is 1. The van der Waals surface area contributed by atoms with Crippen molar-refractivity contribution in [3.63, 3.8) is 0 Å². The minimum absolute atomic E-state index is 0.0769. The van der Waals surface area contributed by atoms with E-state index >= 15 is 0 Å². The summed E-state index contributed by atoms with van der Waals surface area (Å²) in [5, 5.41) is 2.87. The quantitative estimate of drug-likeness (QED) is 0.777. The number of amides is 1. The van der Waals surface area contributed by atoms with Crippen molar-refractivity contribution in [1.82, 2.24) is 9.88 Å². The molecule has 15 heavy (non-hydrogen) atoms. The molecule has 0 spiro atoms. The van der Waals surface area contributed by atoms with Gasteiger partial charge in [0.1, 0.15) is 5.01 Å². The Kier molecular flexibility index (Phi) is 2.65. The van der Waals surface area contributed by atoms with Crippen molar-refractivity contribution in [2.75, 3.05) is 6.54 Å². The second-order valence-electron chi connectivity index (χ2n) is 3.66. The van der Waals surface area contributed by atoms with Crippen LogP contribution in [0, 0.1) is 6.92 Å². The lowest BCUT2D eigenvalue weighted by Gasteiger charge is -2.17. The third-order valence-electron chi connectivity index (χ3n) is 2.61. The SMILES string of the molecule is CCN1C(=O)O[C@H](c2nc(C)cs2)[C@@H]1C. The number of hydrogen-bond acceptors (Lipinski definition) is 4. The molecule has 4 nitrogen and oxygen atoms in total. The Morgan fingerprint density at radius 3 is 2.87 bits per heavy atom. The number of nitrogens with zero attached hydrogens (tertiary/aromatic N) is 2. The second-order valence-corrected chi connectivity index (χ2v) is 4.55. The van der Waals surface area contributed by atoms with Crippen LogP contribution in [0.4, 0.5) is 4.79 Å². The van der Waals surface area contributed by atoms with Gasteiger partial charge in [0, 0.05) is 17.6 Å². The fourth-order valence-corrected chi connectivity index (χ4v) is 2.70. The molecule has 5 heteroatoms. The van der Waals surface area contributed by atoms with E-state index in [0.717, 1.165) is 10.7 Å². The molecule has 1 aromatic heterocycles. The van der Waals surface area contributed by atoms with Crippen LogP contribution in [0.15, 0.2) is 5.38 Å². The molecule has 1 saturated heterocycles. The number of ether oxygens (including phenoxy) is 1. The highest BCUT2D eigenvalue weighted by Gasteiger charge is 2.40. The Morgan fingerprint density at radius 1 is 1.67 bits per heavy atom. The van der Waals surface area contributed by atoms with E-state index in [9.17, 15) is 4.79 Å². The van der Waals surface area contributed by atoms with Crippen molar-refractivity contribution in [3.8, 4) is 0 Å². The summed E-state index contributed by atoms with van der Waals surface area (Å²) in [6, 6.07) is 0.0769. The monoisotopic (exact) mass is 226 g/mol. The maximum absolute atomic E-state index is 11.5. The molecule has 1 fully saturated rings. The molecule has 0 N–H and O–H groups in total. The van der Waals surface area contributed by atoms with E-state index in [1.54, 1.807) is 16.2 Å². The average molecular weight is 226 g/mol. The van der Waals surface area contributed by atoms with E-state index in [4.69, 9.17) is 4.74 Å². The lowest BCUT2D eigenvalue weighted by atomic mass is 10.2. The molecule has 0 saturated carbocycles. The van der Waals surface area contributed by atoms with Crippen molar-refractivity contribution < 1.29 is 9.53 Å². The standard InChI is InChI=1S/C10H14N2O2S/c1-4-12-7(3)8(14-10(12)13)9-11-6(2)5-15-9/h5,7-8H,4H2,1-3H3/t7-,8-/m0/s1. The first-order chi connectivity index (χ1) is 7.13. The van der Waals surface area contributed by atoms with Gasteiger partial charge in [-0.05, 0) is 20.8 Å². The molecule has 1 aliphatic rings. The molecule has 2 atom stereocenters. The fraction of sp³-hybridized carbons (Fsp3) is 0.600. The molecule has 0 unspecified atom stereocenters. The summed E-state index contributed by atoms with van der Waals surface area (Å²) in [6.07, 6.45) is -0.431. The van der Waals surface area contributed by atoms with Crippen LogP contribution in [0.5, 0.6) is 0 Å². The van der Waals surface area contributed by atoms with Crippen molar-refractivity contribution in [2.24, 2.45) is 0 Å². The Labute approximate surface area is 92.9 Å². The molecule has 2 rings (SSSR count). The highest BCUT2D eigenvalue weighted by atomic mass is 32.1. The number of rotatable bonds is 2. The van der Waals surface area contributed by atoms with Gasteiger partial charge in [0.2, 0.25) is 0 Å². The van der Waals surface area contributed by atoms with Gasteiger partial charge in [-0.2, -0.15) is 0 Å². The van der Waals surface area contributed by atoms with Crippen molar-refractivity contribution in [1.29, 1.82) is 0 Å². The third kappa shape index (κ3) is 1.71. The molecule has 2 heterocycles. The summed E-state index contributed by atoms with van der Waals surface area (Å²) in [5.41, 5.74) is 0.980. The Hall–Kier alpha value is -1.10. The number of carbonyl (C=O) groups excluding carboxylic acids is 1. The van der Waals surface area contributed by atoms with Crippen molar-refractivity contribution >= 4 is 17.4 Å². The maximum Gasteiger partial charge on any atom is 0.410 e. The number of hydrogen-bond donors (Lipinski definition) is 0. The van der Waals surface area contributed by atoms with Crippen LogP contribution in [0.2, 0.25) is 0 Å². The molecule has 82 valence electrons. The molecule has 1 amide bonds. The summed E-state index contributed by atoms with van der Waals surface area (Å²) in [6.45, 7) is 6.57. The molecule has 0 bridgehead atoms. The van der Waals surface area contributed by atoms with Crippen LogP contribution in [-0.2, 0) is 4.74 Å². The van der Waals surface area contributed by atoms with E-state index < -0.39 is 0 Å². The number of aryl methyl sites for hydroxylation is 1. The molecule has 0 aliphatic carbocycles. The first kappa shape index (κ1) is 10.4. The Balaban J connectivity index is 2.22. The van der Waals surface area contributed by atoms with Gasteiger partial charge in [0.25, 0.3) is 0 Å². The van der Waals surface area contributed by atoms with Gasteiger partial charge in [-0.15, -0.1) is 11.3 Å². The van der Waals surface area contributed by atoms with Gasteiger partial charge >= 0.3 is 6.09 Å². The number of thiazole rings is 1. The topological polar surface area (TPSA) is 42.4 Å². The fourth-order valence-electron chi connectivity index (χ4n) is 1.78. The molecule has 0 radical (unpaired) electrons. The first-order valence-corrected chi connectivity index (χ1v) is 5.90. The average Bonchev–Trinajstić information content (AvgIpc) is 2.71. The third-order valence-corrected chi connectivity index (χ3v) is 3.64. The summed E-state index contributed by atoms with van der Waals surface area (Å²) >= 11 is 1.55. The minimum Gasteiger partial charge on any atom is -0.436 e. The van der Waals surface area contributed by atoms with Crippen molar-refractivity contribution in [3.05, 3.63) is 16.1 Å². The lowest BCUT2D eigenvalue weighted by Crippen LogP contribution is -2.31. The van der Waals surface area contributed by atoms with E-state index in [2.05, 4.69) is 4.98 Å². The van der Waals surface area contributed by atoms with E-state index in [1.165, 1.54) is 0 Å². The van der Waals surface area contributed by atoms with Crippen molar-refractivity contribution in [2.45, 2.75) is 32.9 Å². The van der Waals surface area contributed by atoms with Gasteiger partial charge in [0.05, 0.1) is 6.04 Å². The first-order valence-electron chi connectivity index (χ1n) is 5.02. The largest absolute Gasteiger partial charge is 0.436 e. The highest BCUT2D eigenvalue weighted by molar-refractivity contribution is 7.09. The normalized spacial score (nSPS) is 25.8. The predicted molar refractivity (Wildman–Crippen MR) is 57.9 cm³/mol. The maximum atomic E-state index is 11.5. The zero-order valence-corrected chi connectivity index (χ0v) is 9.87.